The van der Waals surface area contributed by atoms with E-state index < -0.39 is 124 Å². The number of unbranched alkanes of at least 4 members (excludes halogenated alkanes) is 24. The second-order valence-corrected chi connectivity index (χ2v) is 20.4. The molecule has 0 aliphatic carbocycles. The number of amides is 1. The molecule has 0 saturated carbocycles. The van der Waals surface area contributed by atoms with Crippen molar-refractivity contribution in [3.05, 3.63) is 0 Å². The van der Waals surface area contributed by atoms with Gasteiger partial charge >= 0.3 is 0 Å². The molecule has 0 aromatic heterocycles. The van der Waals surface area contributed by atoms with Crippen LogP contribution >= 0.6 is 0 Å². The van der Waals surface area contributed by atoms with Crippen LogP contribution in [0.1, 0.15) is 194 Å². The minimum absolute atomic E-state index is 0.244. The number of carbonyl (C=O) groups excluding carboxylic acids is 1. The summed E-state index contributed by atoms with van der Waals surface area (Å²) >= 11 is 0. The van der Waals surface area contributed by atoms with E-state index >= 15 is 0 Å². The predicted molar refractivity (Wildman–Crippen MR) is 264 cm³/mol. The minimum Gasteiger partial charge on any atom is -0.394 e. The zero-order chi connectivity index (χ0) is 52.0. The lowest BCUT2D eigenvalue weighted by atomic mass is 9.96. The molecule has 1 amide bonds. The highest BCUT2D eigenvalue weighted by atomic mass is 16.8. The molecule has 0 spiro atoms. The van der Waals surface area contributed by atoms with Crippen molar-refractivity contribution in [1.82, 2.24) is 5.32 Å². The van der Waals surface area contributed by atoms with Crippen LogP contribution < -0.4 is 5.32 Å². The molecular formula is C52H99NO18. The highest BCUT2D eigenvalue weighted by Crippen LogP contribution is 2.33. The molecule has 3 aliphatic heterocycles. The summed E-state index contributed by atoms with van der Waals surface area (Å²) in [6, 6.07) is -0.878. The third-order valence-electron chi connectivity index (χ3n) is 14.4. The van der Waals surface area contributed by atoms with Gasteiger partial charge in [0.25, 0.3) is 0 Å². The standard InChI is InChI=1S/C52H99NO18/c1-3-5-7-9-11-13-15-16-17-18-19-20-21-23-25-27-29-36(57)35(53-40(58)30-28-26-24-22-14-12-10-8-6-4-2)34-66-50-46(64)43(61)48(38(32-55)68-50)71-52-47(65)44(62)49(39(33-56)69-52)70-51-45(63)42(60)41(59)37(31-54)67-51/h35-39,41-52,54-57,59-65H,3-34H2,1-2H3,(H,53,58). The van der Waals surface area contributed by atoms with E-state index in [1.165, 1.54) is 116 Å². The smallest absolute Gasteiger partial charge is 0.220 e. The fraction of sp³-hybridized carbons (Fsp3) is 0.981. The van der Waals surface area contributed by atoms with Crippen molar-refractivity contribution in [2.45, 2.75) is 298 Å². The van der Waals surface area contributed by atoms with Crippen LogP contribution in [-0.4, -0.2) is 193 Å². The Kier molecular flexibility index (Phi) is 33.9. The molecule has 19 heteroatoms. The third kappa shape index (κ3) is 22.9. The van der Waals surface area contributed by atoms with Crippen molar-refractivity contribution in [3.63, 3.8) is 0 Å². The number of ether oxygens (including phenoxy) is 6. The number of aliphatic hydroxyl groups is 11. The van der Waals surface area contributed by atoms with Gasteiger partial charge < -0.3 is 89.9 Å². The van der Waals surface area contributed by atoms with Gasteiger partial charge in [0.1, 0.15) is 73.2 Å². The lowest BCUT2D eigenvalue weighted by Gasteiger charge is -2.48. The Morgan fingerprint density at radius 2 is 0.803 bits per heavy atom. The van der Waals surface area contributed by atoms with Gasteiger partial charge in [-0.05, 0) is 12.8 Å². The van der Waals surface area contributed by atoms with Crippen LogP contribution in [0.15, 0.2) is 0 Å². The maximum atomic E-state index is 13.2. The first kappa shape index (κ1) is 64.1. The first-order valence-corrected chi connectivity index (χ1v) is 27.8. The predicted octanol–water partition coefficient (Wildman–Crippen LogP) is 3.26. The number of carbonyl (C=O) groups is 1. The van der Waals surface area contributed by atoms with Crippen LogP contribution in [0.2, 0.25) is 0 Å². The van der Waals surface area contributed by atoms with Crippen LogP contribution in [0.5, 0.6) is 0 Å². The molecule has 17 unspecified atom stereocenters. The first-order valence-electron chi connectivity index (χ1n) is 27.8. The number of hydrogen-bond donors (Lipinski definition) is 12. The molecule has 3 fully saturated rings. The Morgan fingerprint density at radius 3 is 1.23 bits per heavy atom. The average molecular weight is 1030 g/mol. The molecule has 0 radical (unpaired) electrons. The molecule has 19 nitrogen and oxygen atoms in total. The van der Waals surface area contributed by atoms with Gasteiger partial charge in [0.15, 0.2) is 18.9 Å². The SMILES string of the molecule is CCCCCCCCCCCCCCCCCCC(O)C(COC1OC(CO)C(OC2OC(CO)C(OC3OC(CO)C(O)C(O)C3O)C(O)C2O)C(O)C1O)NC(=O)CCCCCCCCCCCC. The molecular weight excluding hydrogens is 927 g/mol. The van der Waals surface area contributed by atoms with Crippen molar-refractivity contribution in [2.75, 3.05) is 26.4 Å². The molecule has 0 bridgehead atoms. The highest BCUT2D eigenvalue weighted by Gasteiger charge is 2.53. The fourth-order valence-electron chi connectivity index (χ4n) is 9.78. The molecule has 0 aromatic carbocycles. The van der Waals surface area contributed by atoms with E-state index in [1.54, 1.807) is 0 Å². The zero-order valence-electron chi connectivity index (χ0n) is 43.2. The van der Waals surface area contributed by atoms with E-state index in [0.717, 1.165) is 44.9 Å². The van der Waals surface area contributed by atoms with E-state index in [1.807, 2.05) is 0 Å². The molecule has 71 heavy (non-hydrogen) atoms. The normalized spacial score (nSPS) is 32.2. The summed E-state index contributed by atoms with van der Waals surface area (Å²) in [6.07, 6.45) is 4.91. The van der Waals surface area contributed by atoms with Crippen LogP contribution in [0.25, 0.3) is 0 Å². The molecule has 0 aromatic rings. The lowest BCUT2D eigenvalue weighted by molar-refractivity contribution is -0.379. The lowest BCUT2D eigenvalue weighted by Crippen LogP contribution is -2.66. The number of nitrogens with one attached hydrogen (secondary N) is 1. The number of aliphatic hydroxyl groups excluding tert-OH is 11. The topological polar surface area (TPSA) is 307 Å². The van der Waals surface area contributed by atoms with Crippen molar-refractivity contribution < 1.29 is 89.4 Å². The molecule has 420 valence electrons. The van der Waals surface area contributed by atoms with Crippen LogP contribution in [0.4, 0.5) is 0 Å². The second-order valence-electron chi connectivity index (χ2n) is 20.4. The Hall–Kier alpha value is -1.21. The zero-order valence-corrected chi connectivity index (χ0v) is 43.2. The summed E-state index contributed by atoms with van der Waals surface area (Å²) in [7, 11) is 0. The van der Waals surface area contributed by atoms with Crippen LogP contribution in [0, 0.1) is 0 Å². The quantitative estimate of drug-likeness (QED) is 0.0392. The summed E-state index contributed by atoms with van der Waals surface area (Å²) in [6.45, 7) is 1.76. The maximum Gasteiger partial charge on any atom is 0.220 e. The minimum atomic E-state index is -1.97. The number of rotatable bonds is 40. The summed E-state index contributed by atoms with van der Waals surface area (Å²) < 4.78 is 34.2. The molecule has 3 rings (SSSR count). The Morgan fingerprint density at radius 1 is 0.451 bits per heavy atom. The Labute approximate surface area is 423 Å². The Balaban J connectivity index is 1.52. The van der Waals surface area contributed by atoms with E-state index in [9.17, 15) is 61.0 Å². The maximum absolute atomic E-state index is 13.2. The van der Waals surface area contributed by atoms with Gasteiger partial charge in [0.2, 0.25) is 5.91 Å². The summed E-state index contributed by atoms with van der Waals surface area (Å²) in [5, 5.41) is 120. The number of hydrogen-bond acceptors (Lipinski definition) is 18. The molecule has 3 heterocycles. The van der Waals surface area contributed by atoms with Crippen LogP contribution in [0.3, 0.4) is 0 Å². The first-order chi connectivity index (χ1) is 34.3. The van der Waals surface area contributed by atoms with E-state index in [2.05, 4.69) is 19.2 Å². The molecule has 3 saturated heterocycles. The molecule has 3 aliphatic rings. The monoisotopic (exact) mass is 1030 g/mol. The van der Waals surface area contributed by atoms with Crippen molar-refractivity contribution in [1.29, 1.82) is 0 Å². The fourth-order valence-corrected chi connectivity index (χ4v) is 9.78. The van der Waals surface area contributed by atoms with Gasteiger partial charge in [0, 0.05) is 6.42 Å². The average Bonchev–Trinajstić information content (AvgIpc) is 3.36. The van der Waals surface area contributed by atoms with Crippen molar-refractivity contribution in [3.8, 4) is 0 Å². The van der Waals surface area contributed by atoms with E-state index in [-0.39, 0.29) is 18.9 Å². The van der Waals surface area contributed by atoms with Gasteiger partial charge in [0.05, 0.1) is 38.6 Å². The highest BCUT2D eigenvalue weighted by molar-refractivity contribution is 5.76. The van der Waals surface area contributed by atoms with Gasteiger partial charge in [-0.3, -0.25) is 4.79 Å². The largest absolute Gasteiger partial charge is 0.394 e. The van der Waals surface area contributed by atoms with Gasteiger partial charge in [-0.25, -0.2) is 0 Å². The Bertz CT molecular complexity index is 1320. The van der Waals surface area contributed by atoms with E-state index in [0.29, 0.717) is 12.8 Å². The third-order valence-corrected chi connectivity index (χ3v) is 14.4. The van der Waals surface area contributed by atoms with Crippen molar-refractivity contribution in [2.24, 2.45) is 0 Å². The summed E-state index contributed by atoms with van der Waals surface area (Å²) in [4.78, 5) is 13.2. The summed E-state index contributed by atoms with van der Waals surface area (Å²) in [5.74, 6) is -0.244. The van der Waals surface area contributed by atoms with Gasteiger partial charge in [-0.2, -0.15) is 0 Å². The van der Waals surface area contributed by atoms with Gasteiger partial charge in [-0.1, -0.05) is 174 Å². The van der Waals surface area contributed by atoms with Crippen LogP contribution in [-0.2, 0) is 33.2 Å². The second kappa shape index (κ2) is 37.5. The summed E-state index contributed by atoms with van der Waals surface area (Å²) in [5.41, 5.74) is 0. The van der Waals surface area contributed by atoms with Gasteiger partial charge in [-0.15, -0.1) is 0 Å². The molecule has 17 atom stereocenters. The molecule has 12 N–H and O–H groups in total. The van der Waals surface area contributed by atoms with E-state index in [4.69, 9.17) is 28.4 Å². The van der Waals surface area contributed by atoms with Crippen molar-refractivity contribution >= 4 is 5.91 Å².